The minimum atomic E-state index is -0.711. The Labute approximate surface area is 107 Å². The highest BCUT2D eigenvalue weighted by Crippen LogP contribution is 2.28. The average Bonchev–Trinajstić information content (AvgIpc) is 2.43. The van der Waals surface area contributed by atoms with Crippen LogP contribution in [0, 0.1) is 5.92 Å². The van der Waals surface area contributed by atoms with Gasteiger partial charge in [0.05, 0.1) is 20.3 Å². The zero-order valence-electron chi connectivity index (χ0n) is 10.8. The van der Waals surface area contributed by atoms with Crippen molar-refractivity contribution in [3.05, 3.63) is 42.0 Å². The van der Waals surface area contributed by atoms with Crippen LogP contribution in [0.1, 0.15) is 28.9 Å². The average molecular weight is 250 g/mol. The van der Waals surface area contributed by atoms with Crippen molar-refractivity contribution in [2.75, 3.05) is 14.2 Å². The van der Waals surface area contributed by atoms with E-state index in [0.29, 0.717) is 16.9 Å². The molecule has 0 saturated heterocycles. The number of aliphatic hydroxyl groups excluding tert-OH is 1. The topological polar surface area (TPSA) is 55.8 Å². The molecule has 18 heavy (non-hydrogen) atoms. The number of methoxy groups -OCH3 is 2. The Hall–Kier alpha value is -1.81. The third-order valence-corrected chi connectivity index (χ3v) is 2.84. The zero-order valence-corrected chi connectivity index (χ0v) is 10.8. The summed E-state index contributed by atoms with van der Waals surface area (Å²) in [6.45, 7) is 5.49. The highest BCUT2D eigenvalue weighted by Gasteiger charge is 2.18. The van der Waals surface area contributed by atoms with Gasteiger partial charge in [0, 0.05) is 5.92 Å². The van der Waals surface area contributed by atoms with Crippen LogP contribution in [0.5, 0.6) is 5.75 Å². The van der Waals surface area contributed by atoms with E-state index in [4.69, 9.17) is 4.74 Å². The van der Waals surface area contributed by atoms with Crippen LogP contribution in [0.25, 0.3) is 0 Å². The van der Waals surface area contributed by atoms with Crippen molar-refractivity contribution in [3.8, 4) is 5.75 Å². The number of rotatable bonds is 5. The molecule has 0 fully saturated rings. The molecule has 1 aromatic rings. The summed E-state index contributed by atoms with van der Waals surface area (Å²) >= 11 is 0. The molecule has 0 aliphatic heterocycles. The minimum Gasteiger partial charge on any atom is -0.496 e. The fraction of sp³-hybridized carbons (Fsp3) is 0.357. The Morgan fingerprint density at radius 3 is 2.61 bits per heavy atom. The number of carbonyl (C=O) groups is 1. The number of carbonyl (C=O) groups excluding carboxylic acids is 1. The van der Waals surface area contributed by atoms with Gasteiger partial charge < -0.3 is 14.6 Å². The van der Waals surface area contributed by atoms with Crippen molar-refractivity contribution in [1.82, 2.24) is 0 Å². The summed E-state index contributed by atoms with van der Waals surface area (Å²) in [7, 11) is 2.78. The molecule has 0 aliphatic carbocycles. The van der Waals surface area contributed by atoms with Gasteiger partial charge in [-0.3, -0.25) is 0 Å². The molecule has 0 saturated carbocycles. The summed E-state index contributed by atoms with van der Waals surface area (Å²) in [5.41, 5.74) is 0.927. The summed E-state index contributed by atoms with van der Waals surface area (Å²) in [4.78, 5) is 11.6. The number of esters is 1. The van der Waals surface area contributed by atoms with Gasteiger partial charge in [0.25, 0.3) is 0 Å². The Kier molecular flexibility index (Phi) is 4.92. The van der Waals surface area contributed by atoms with E-state index in [2.05, 4.69) is 11.3 Å². The fourth-order valence-electron chi connectivity index (χ4n) is 1.61. The first-order chi connectivity index (χ1) is 8.54. The van der Waals surface area contributed by atoms with Gasteiger partial charge in [-0.05, 0) is 17.7 Å². The minimum absolute atomic E-state index is 0.108. The summed E-state index contributed by atoms with van der Waals surface area (Å²) in [5.74, 6) is -0.180. The van der Waals surface area contributed by atoms with Gasteiger partial charge in [-0.2, -0.15) is 0 Å². The Balaban J connectivity index is 3.17. The van der Waals surface area contributed by atoms with Crippen molar-refractivity contribution in [2.24, 2.45) is 5.92 Å². The molecule has 0 bridgehead atoms. The molecular weight excluding hydrogens is 232 g/mol. The standard InChI is InChI=1S/C14H18O4/c1-5-9(2)13(15)10-6-7-12(17-3)11(8-10)14(16)18-4/h5-9,13,15H,1H2,2-4H3. The van der Waals surface area contributed by atoms with Crippen molar-refractivity contribution in [3.63, 3.8) is 0 Å². The van der Waals surface area contributed by atoms with Crippen molar-refractivity contribution < 1.29 is 19.4 Å². The molecule has 0 aromatic heterocycles. The first kappa shape index (κ1) is 14.3. The summed E-state index contributed by atoms with van der Waals surface area (Å²) < 4.78 is 9.77. The number of hydrogen-bond acceptors (Lipinski definition) is 4. The maximum absolute atomic E-state index is 11.6. The molecule has 4 nitrogen and oxygen atoms in total. The van der Waals surface area contributed by atoms with Crippen molar-refractivity contribution in [2.45, 2.75) is 13.0 Å². The highest BCUT2D eigenvalue weighted by molar-refractivity contribution is 5.92. The quantitative estimate of drug-likeness (QED) is 0.643. The summed E-state index contributed by atoms with van der Waals surface area (Å²) in [6.07, 6.45) is 0.948. The first-order valence-electron chi connectivity index (χ1n) is 5.62. The third-order valence-electron chi connectivity index (χ3n) is 2.84. The molecule has 2 atom stereocenters. The Morgan fingerprint density at radius 1 is 1.44 bits per heavy atom. The van der Waals surface area contributed by atoms with Gasteiger partial charge in [-0.25, -0.2) is 4.79 Å². The number of ether oxygens (including phenoxy) is 2. The van der Waals surface area contributed by atoms with Crippen LogP contribution in [-0.4, -0.2) is 25.3 Å². The van der Waals surface area contributed by atoms with E-state index in [0.717, 1.165) is 0 Å². The lowest BCUT2D eigenvalue weighted by atomic mass is 9.96. The van der Waals surface area contributed by atoms with E-state index in [1.54, 1.807) is 24.3 Å². The van der Waals surface area contributed by atoms with Gasteiger partial charge in [-0.1, -0.05) is 19.1 Å². The third kappa shape index (κ3) is 2.90. The van der Waals surface area contributed by atoms with Crippen molar-refractivity contribution >= 4 is 5.97 Å². The largest absolute Gasteiger partial charge is 0.496 e. The molecule has 4 heteroatoms. The van der Waals surface area contributed by atoms with Crippen LogP contribution < -0.4 is 4.74 Å². The van der Waals surface area contributed by atoms with Gasteiger partial charge >= 0.3 is 5.97 Å². The molecule has 98 valence electrons. The summed E-state index contributed by atoms with van der Waals surface area (Å²) in [6, 6.07) is 4.94. The SMILES string of the molecule is C=CC(C)C(O)c1ccc(OC)c(C(=O)OC)c1. The predicted molar refractivity (Wildman–Crippen MR) is 68.7 cm³/mol. The molecule has 0 spiro atoms. The number of aliphatic hydroxyl groups is 1. The molecule has 0 radical (unpaired) electrons. The molecule has 2 unspecified atom stereocenters. The lowest BCUT2D eigenvalue weighted by molar-refractivity contribution is 0.0596. The van der Waals surface area contributed by atoms with E-state index in [1.807, 2.05) is 6.92 Å². The monoisotopic (exact) mass is 250 g/mol. The van der Waals surface area contributed by atoms with Crippen LogP contribution in [0.4, 0.5) is 0 Å². The lowest BCUT2D eigenvalue weighted by Crippen LogP contribution is -2.10. The van der Waals surface area contributed by atoms with E-state index in [1.165, 1.54) is 14.2 Å². The van der Waals surface area contributed by atoms with Gasteiger partial charge in [-0.15, -0.1) is 6.58 Å². The maximum Gasteiger partial charge on any atom is 0.341 e. The predicted octanol–water partition coefficient (Wildman–Crippen LogP) is 2.34. The second-order valence-electron chi connectivity index (χ2n) is 3.99. The fourth-order valence-corrected chi connectivity index (χ4v) is 1.61. The molecule has 0 amide bonds. The second kappa shape index (κ2) is 6.21. The molecule has 1 aromatic carbocycles. The highest BCUT2D eigenvalue weighted by atomic mass is 16.5. The molecule has 1 N–H and O–H groups in total. The molecule has 0 aliphatic rings. The van der Waals surface area contributed by atoms with Crippen LogP contribution >= 0.6 is 0 Å². The summed E-state index contributed by atoms with van der Waals surface area (Å²) in [5, 5.41) is 10.1. The van der Waals surface area contributed by atoms with Gasteiger partial charge in [0.15, 0.2) is 0 Å². The first-order valence-corrected chi connectivity index (χ1v) is 5.62. The number of hydrogen-bond donors (Lipinski definition) is 1. The van der Waals surface area contributed by atoms with Crippen LogP contribution in [0.3, 0.4) is 0 Å². The maximum atomic E-state index is 11.6. The Bertz CT molecular complexity index is 439. The lowest BCUT2D eigenvalue weighted by Gasteiger charge is -2.17. The van der Waals surface area contributed by atoms with Crippen LogP contribution in [-0.2, 0) is 4.74 Å². The Morgan fingerprint density at radius 2 is 2.11 bits per heavy atom. The normalized spacial score (nSPS) is 13.6. The van der Waals surface area contributed by atoms with Crippen LogP contribution in [0.2, 0.25) is 0 Å². The molecule has 0 heterocycles. The van der Waals surface area contributed by atoms with E-state index >= 15 is 0 Å². The van der Waals surface area contributed by atoms with Crippen LogP contribution in [0.15, 0.2) is 30.9 Å². The van der Waals surface area contributed by atoms with Crippen molar-refractivity contribution in [1.29, 1.82) is 0 Å². The van der Waals surface area contributed by atoms with E-state index in [9.17, 15) is 9.90 Å². The smallest absolute Gasteiger partial charge is 0.341 e. The molecule has 1 rings (SSSR count). The van der Waals surface area contributed by atoms with E-state index in [-0.39, 0.29) is 5.92 Å². The second-order valence-corrected chi connectivity index (χ2v) is 3.99. The molecular formula is C14H18O4. The zero-order chi connectivity index (χ0) is 13.7. The number of benzene rings is 1. The van der Waals surface area contributed by atoms with Gasteiger partial charge in [0.2, 0.25) is 0 Å². The van der Waals surface area contributed by atoms with E-state index < -0.39 is 12.1 Å². The van der Waals surface area contributed by atoms with Gasteiger partial charge in [0.1, 0.15) is 11.3 Å².